The summed E-state index contributed by atoms with van der Waals surface area (Å²) in [7, 11) is 0. The highest BCUT2D eigenvalue weighted by molar-refractivity contribution is 5.75. The summed E-state index contributed by atoms with van der Waals surface area (Å²) in [5.41, 5.74) is 5.07. The van der Waals surface area contributed by atoms with Gasteiger partial charge in [-0.3, -0.25) is 0 Å². The number of rotatable bonds is 2. The number of nitrogens with two attached hydrogens (primary N) is 2. The van der Waals surface area contributed by atoms with E-state index < -0.39 is 18.1 Å². The normalized spacial score (nSPS) is 16.4. The monoisotopic (exact) mass is 134 g/mol. The highest BCUT2D eigenvalue weighted by Crippen LogP contribution is 1.88. The maximum absolute atomic E-state index is 10.3. The summed E-state index contributed by atoms with van der Waals surface area (Å²) in [6, 6.07) is -1.05. The van der Waals surface area contributed by atoms with Crippen LogP contribution in [0.5, 0.6) is 0 Å². The number of carbonyl (C=O) groups excluding carboxylic acids is 1. The highest BCUT2D eigenvalue weighted by atomic mass is 16.7. The minimum absolute atomic E-state index is 0.815. The van der Waals surface area contributed by atoms with E-state index in [4.69, 9.17) is 10.8 Å². The Labute approximate surface area is 52.5 Å². The molecule has 0 aromatic carbocycles. The molecule has 0 fully saturated rings. The van der Waals surface area contributed by atoms with E-state index in [1.54, 1.807) is 0 Å². The zero-order valence-electron chi connectivity index (χ0n) is 5.07. The highest BCUT2D eigenvalue weighted by Gasteiger charge is 2.19. The van der Waals surface area contributed by atoms with E-state index in [1.807, 2.05) is 0 Å². The van der Waals surface area contributed by atoms with Crippen molar-refractivity contribution in [2.45, 2.75) is 19.1 Å². The zero-order chi connectivity index (χ0) is 7.44. The molecular formula is C4H10N2O3. The molecule has 0 amide bonds. The second-order valence-electron chi connectivity index (χ2n) is 1.70. The van der Waals surface area contributed by atoms with Gasteiger partial charge in [-0.05, 0) is 6.92 Å². The zero-order valence-corrected chi connectivity index (χ0v) is 5.07. The molecule has 0 radical (unpaired) electrons. The van der Waals surface area contributed by atoms with Gasteiger partial charge in [0.2, 0.25) is 0 Å². The standard InChI is InChI=1S/C4H10N2O3/c1-2(7)3(5)4(8)9-6/h2-3,7H,5-6H2,1H3. The third-order valence-electron chi connectivity index (χ3n) is 0.908. The van der Waals surface area contributed by atoms with Gasteiger partial charge in [0, 0.05) is 0 Å². The van der Waals surface area contributed by atoms with Crippen molar-refractivity contribution in [2.24, 2.45) is 11.6 Å². The number of carbonyl (C=O) groups is 1. The van der Waals surface area contributed by atoms with E-state index in [0.717, 1.165) is 0 Å². The van der Waals surface area contributed by atoms with Crippen LogP contribution in [-0.4, -0.2) is 23.2 Å². The van der Waals surface area contributed by atoms with Crippen LogP contribution in [0.25, 0.3) is 0 Å². The van der Waals surface area contributed by atoms with Gasteiger partial charge in [-0.15, -0.1) is 0 Å². The molecule has 2 atom stereocenters. The van der Waals surface area contributed by atoms with Crippen molar-refractivity contribution < 1.29 is 14.7 Å². The Morgan fingerprint density at radius 1 is 1.78 bits per heavy atom. The lowest BCUT2D eigenvalue weighted by atomic mass is 10.2. The van der Waals surface area contributed by atoms with Crippen LogP contribution in [0.4, 0.5) is 0 Å². The van der Waals surface area contributed by atoms with E-state index >= 15 is 0 Å². The van der Waals surface area contributed by atoms with Gasteiger partial charge in [-0.2, -0.15) is 5.90 Å². The van der Waals surface area contributed by atoms with Crippen LogP contribution >= 0.6 is 0 Å². The summed E-state index contributed by atoms with van der Waals surface area (Å²) in [6.45, 7) is 1.38. The number of aliphatic hydroxyl groups excluding tert-OH is 1. The average molecular weight is 134 g/mol. The lowest BCUT2D eigenvalue weighted by molar-refractivity contribution is -0.148. The molecule has 2 unspecified atom stereocenters. The molecule has 0 spiro atoms. The van der Waals surface area contributed by atoms with E-state index in [-0.39, 0.29) is 0 Å². The smallest absolute Gasteiger partial charge is 0.344 e. The Morgan fingerprint density at radius 3 is 2.33 bits per heavy atom. The molecule has 5 N–H and O–H groups in total. The maximum Gasteiger partial charge on any atom is 0.344 e. The predicted molar refractivity (Wildman–Crippen MR) is 29.9 cm³/mol. The van der Waals surface area contributed by atoms with Gasteiger partial charge in [0.1, 0.15) is 6.04 Å². The van der Waals surface area contributed by atoms with E-state index in [2.05, 4.69) is 10.7 Å². The molecule has 0 heterocycles. The molecular weight excluding hydrogens is 124 g/mol. The number of hydrogen-bond acceptors (Lipinski definition) is 5. The van der Waals surface area contributed by atoms with Crippen LogP contribution in [0.3, 0.4) is 0 Å². The first-order valence-electron chi connectivity index (χ1n) is 2.43. The topological polar surface area (TPSA) is 98.6 Å². The van der Waals surface area contributed by atoms with E-state index in [0.29, 0.717) is 0 Å². The van der Waals surface area contributed by atoms with Crippen LogP contribution < -0.4 is 11.6 Å². The molecule has 0 aromatic heterocycles. The van der Waals surface area contributed by atoms with Crippen molar-refractivity contribution >= 4 is 5.97 Å². The van der Waals surface area contributed by atoms with Gasteiger partial charge >= 0.3 is 5.97 Å². The van der Waals surface area contributed by atoms with Gasteiger partial charge in [-0.1, -0.05) is 0 Å². The van der Waals surface area contributed by atoms with E-state index in [1.165, 1.54) is 6.92 Å². The lowest BCUT2D eigenvalue weighted by Crippen LogP contribution is -2.42. The van der Waals surface area contributed by atoms with Crippen molar-refractivity contribution in [3.63, 3.8) is 0 Å². The fourth-order valence-corrected chi connectivity index (χ4v) is 0.276. The summed E-state index contributed by atoms with van der Waals surface area (Å²) in [4.78, 5) is 14.1. The minimum Gasteiger partial charge on any atom is -0.391 e. The quantitative estimate of drug-likeness (QED) is 0.383. The number of hydrogen-bond donors (Lipinski definition) is 3. The molecule has 0 saturated heterocycles. The summed E-state index contributed by atoms with van der Waals surface area (Å²) in [5.74, 6) is 3.66. The Hall–Kier alpha value is -0.650. The lowest BCUT2D eigenvalue weighted by Gasteiger charge is -2.09. The van der Waals surface area contributed by atoms with Gasteiger partial charge in [-0.25, -0.2) is 4.79 Å². The second-order valence-corrected chi connectivity index (χ2v) is 1.70. The van der Waals surface area contributed by atoms with Crippen molar-refractivity contribution in [2.75, 3.05) is 0 Å². The molecule has 5 nitrogen and oxygen atoms in total. The number of aliphatic hydroxyl groups is 1. The Bertz CT molecular complexity index is 104. The third kappa shape index (κ3) is 2.41. The van der Waals surface area contributed by atoms with Crippen molar-refractivity contribution in [1.29, 1.82) is 0 Å². The molecule has 0 rings (SSSR count). The van der Waals surface area contributed by atoms with Crippen LogP contribution in [-0.2, 0) is 9.63 Å². The average Bonchev–Trinajstić information content (AvgIpc) is 1.84. The first-order chi connectivity index (χ1) is 4.09. The Morgan fingerprint density at radius 2 is 2.22 bits per heavy atom. The summed E-state index contributed by atoms with van der Waals surface area (Å²) in [5, 5.41) is 8.64. The first kappa shape index (κ1) is 8.35. The molecule has 9 heavy (non-hydrogen) atoms. The third-order valence-corrected chi connectivity index (χ3v) is 0.908. The summed E-state index contributed by atoms with van der Waals surface area (Å²) >= 11 is 0. The van der Waals surface area contributed by atoms with Crippen LogP contribution in [0, 0.1) is 0 Å². The SMILES string of the molecule is CC(O)C(N)C(=O)ON. The molecule has 5 heteroatoms. The molecule has 0 aliphatic rings. The van der Waals surface area contributed by atoms with Gasteiger partial charge in [0.05, 0.1) is 6.10 Å². The minimum atomic E-state index is -1.05. The van der Waals surface area contributed by atoms with Crippen LogP contribution in [0.2, 0.25) is 0 Å². The Kier molecular flexibility index (Phi) is 3.15. The first-order valence-corrected chi connectivity index (χ1v) is 2.43. The molecule has 54 valence electrons. The second kappa shape index (κ2) is 3.39. The summed E-state index contributed by atoms with van der Waals surface area (Å²) < 4.78 is 0. The molecule has 0 bridgehead atoms. The fourth-order valence-electron chi connectivity index (χ4n) is 0.276. The molecule has 0 aliphatic heterocycles. The van der Waals surface area contributed by atoms with Crippen molar-refractivity contribution in [1.82, 2.24) is 0 Å². The maximum atomic E-state index is 10.3. The van der Waals surface area contributed by atoms with Crippen molar-refractivity contribution in [3.8, 4) is 0 Å². The van der Waals surface area contributed by atoms with Gasteiger partial charge in [0.15, 0.2) is 0 Å². The Balaban J connectivity index is 3.72. The van der Waals surface area contributed by atoms with Crippen molar-refractivity contribution in [3.05, 3.63) is 0 Å². The van der Waals surface area contributed by atoms with Gasteiger partial charge in [0.25, 0.3) is 0 Å². The van der Waals surface area contributed by atoms with Crippen LogP contribution in [0.15, 0.2) is 0 Å². The fraction of sp³-hybridized carbons (Fsp3) is 0.750. The molecule has 0 saturated carbocycles. The summed E-state index contributed by atoms with van der Waals surface area (Å²) in [6.07, 6.45) is -0.930. The predicted octanol–water partition coefficient (Wildman–Crippen LogP) is -1.89. The van der Waals surface area contributed by atoms with Crippen LogP contribution in [0.1, 0.15) is 6.92 Å². The van der Waals surface area contributed by atoms with Gasteiger partial charge < -0.3 is 15.7 Å². The molecule has 0 aliphatic carbocycles. The van der Waals surface area contributed by atoms with E-state index in [9.17, 15) is 4.79 Å². The largest absolute Gasteiger partial charge is 0.391 e. The molecule has 0 aromatic rings.